The van der Waals surface area contributed by atoms with Crippen LogP contribution in [0.2, 0.25) is 0 Å². The summed E-state index contributed by atoms with van der Waals surface area (Å²) in [5.74, 6) is 0.669. The van der Waals surface area contributed by atoms with E-state index in [0.717, 1.165) is 5.69 Å². The summed E-state index contributed by atoms with van der Waals surface area (Å²) in [6, 6.07) is 6.61. The van der Waals surface area contributed by atoms with Gasteiger partial charge in [0.25, 0.3) is 0 Å². The van der Waals surface area contributed by atoms with E-state index < -0.39 is 6.04 Å². The van der Waals surface area contributed by atoms with Crippen molar-refractivity contribution in [1.82, 2.24) is 24.4 Å². The summed E-state index contributed by atoms with van der Waals surface area (Å²) >= 11 is 3.30. The second kappa shape index (κ2) is 8.02. The van der Waals surface area contributed by atoms with Crippen molar-refractivity contribution in [2.45, 2.75) is 32.9 Å². The summed E-state index contributed by atoms with van der Waals surface area (Å²) in [4.78, 5) is 40.3. The molecule has 0 bridgehead atoms. The van der Waals surface area contributed by atoms with Crippen molar-refractivity contribution in [2.75, 3.05) is 17.6 Å². The Balaban J connectivity index is 1.55. The number of halogens is 1. The van der Waals surface area contributed by atoms with E-state index in [4.69, 9.17) is 5.73 Å². The second-order valence-corrected chi connectivity index (χ2v) is 8.42. The number of nitrogens with two attached hydrogens (primary N) is 1. The minimum Gasteiger partial charge on any atom is -0.383 e. The molecule has 2 amide bonds. The monoisotopic (exact) mass is 471 g/mol. The van der Waals surface area contributed by atoms with Crippen LogP contribution in [0.25, 0.3) is 11.0 Å². The molecule has 1 aliphatic rings. The zero-order valence-corrected chi connectivity index (χ0v) is 18.3. The molecule has 3 aromatic rings. The zero-order valence-electron chi connectivity index (χ0n) is 16.7. The number of hydrogen-bond donors (Lipinski definition) is 2. The second-order valence-electron chi connectivity index (χ2n) is 7.61. The van der Waals surface area contributed by atoms with E-state index in [1.807, 2.05) is 24.5 Å². The number of nitrogens with zero attached hydrogens (tertiary/aromatic N) is 5. The van der Waals surface area contributed by atoms with Crippen molar-refractivity contribution in [3.05, 3.63) is 40.9 Å². The number of pyridine rings is 1. The molecule has 1 fully saturated rings. The molecule has 4 heterocycles. The maximum absolute atomic E-state index is 13.2. The van der Waals surface area contributed by atoms with Crippen molar-refractivity contribution in [3.63, 3.8) is 0 Å². The number of nitrogen functional groups attached to an aromatic ring is 1. The van der Waals surface area contributed by atoms with Crippen LogP contribution in [0.3, 0.4) is 0 Å². The molecule has 3 N–H and O–H groups in total. The first-order valence-electron chi connectivity index (χ1n) is 9.62. The Bertz CT molecular complexity index is 1130. The van der Waals surface area contributed by atoms with Crippen molar-refractivity contribution >= 4 is 50.4 Å². The lowest BCUT2D eigenvalue weighted by molar-refractivity contribution is -0.137. The lowest BCUT2D eigenvalue weighted by Gasteiger charge is -2.24. The molecule has 0 aliphatic carbocycles. The van der Waals surface area contributed by atoms with Gasteiger partial charge in [-0.25, -0.2) is 15.0 Å². The van der Waals surface area contributed by atoms with Crippen molar-refractivity contribution in [3.8, 4) is 0 Å². The standard InChI is InChI=1S/C20H22BrN7O2/c1-11-6-14(20(30)26-16-5-3-4-15(21)25-16)28(8-11)17(29)9-27-12(2)7-13-18(22)23-10-24-19(13)27/h3-5,7,10-11,14H,6,8-9H2,1-2H3,(H2,22,23,24)(H,25,26,30)/t11-,14+/m1/s1. The summed E-state index contributed by atoms with van der Waals surface area (Å²) in [6.45, 7) is 4.54. The molecule has 1 saturated heterocycles. The van der Waals surface area contributed by atoms with Gasteiger partial charge in [-0.15, -0.1) is 0 Å². The highest BCUT2D eigenvalue weighted by Gasteiger charge is 2.38. The summed E-state index contributed by atoms with van der Waals surface area (Å²) in [5, 5.41) is 3.53. The predicted molar refractivity (Wildman–Crippen MR) is 117 cm³/mol. The normalized spacial score (nSPS) is 18.7. The summed E-state index contributed by atoms with van der Waals surface area (Å²) in [6.07, 6.45) is 1.99. The van der Waals surface area contributed by atoms with E-state index in [1.54, 1.807) is 23.1 Å². The quantitative estimate of drug-likeness (QED) is 0.563. The van der Waals surface area contributed by atoms with Crippen LogP contribution in [0.15, 0.2) is 35.2 Å². The van der Waals surface area contributed by atoms with Gasteiger partial charge in [0.05, 0.1) is 5.39 Å². The van der Waals surface area contributed by atoms with E-state index in [2.05, 4.69) is 36.2 Å². The number of rotatable bonds is 4. The van der Waals surface area contributed by atoms with Crippen LogP contribution in [0.4, 0.5) is 11.6 Å². The lowest BCUT2D eigenvalue weighted by atomic mass is 10.1. The number of likely N-dealkylation sites (tertiary alicyclic amines) is 1. The van der Waals surface area contributed by atoms with Gasteiger partial charge in [0.1, 0.15) is 40.8 Å². The number of anilines is 2. The Morgan fingerprint density at radius 1 is 1.33 bits per heavy atom. The lowest BCUT2D eigenvalue weighted by Crippen LogP contribution is -2.44. The Hall–Kier alpha value is -3.01. The molecule has 2 atom stereocenters. The molecule has 0 radical (unpaired) electrons. The maximum atomic E-state index is 13.2. The Kier molecular flexibility index (Phi) is 5.42. The van der Waals surface area contributed by atoms with Gasteiger partial charge >= 0.3 is 0 Å². The number of nitrogens with one attached hydrogen (secondary N) is 1. The zero-order chi connectivity index (χ0) is 21.4. The molecule has 4 rings (SSSR count). The first kappa shape index (κ1) is 20.3. The average molecular weight is 472 g/mol. The van der Waals surface area contributed by atoms with Crippen LogP contribution in [0.1, 0.15) is 19.0 Å². The van der Waals surface area contributed by atoms with Crippen LogP contribution in [0.5, 0.6) is 0 Å². The van der Waals surface area contributed by atoms with Gasteiger partial charge < -0.3 is 20.5 Å². The minimum absolute atomic E-state index is 0.0808. The van der Waals surface area contributed by atoms with Crippen molar-refractivity contribution in [1.29, 1.82) is 0 Å². The molecular formula is C20H22BrN7O2. The first-order chi connectivity index (χ1) is 14.3. The van der Waals surface area contributed by atoms with Crippen LogP contribution < -0.4 is 11.1 Å². The van der Waals surface area contributed by atoms with E-state index in [9.17, 15) is 9.59 Å². The molecule has 10 heteroatoms. The van der Waals surface area contributed by atoms with E-state index in [0.29, 0.717) is 40.2 Å². The van der Waals surface area contributed by atoms with E-state index >= 15 is 0 Å². The fourth-order valence-electron chi connectivity index (χ4n) is 3.89. The molecule has 0 saturated carbocycles. The summed E-state index contributed by atoms with van der Waals surface area (Å²) in [5.41, 5.74) is 7.40. The van der Waals surface area contributed by atoms with Gasteiger partial charge in [-0.1, -0.05) is 13.0 Å². The van der Waals surface area contributed by atoms with Gasteiger partial charge in [0, 0.05) is 12.2 Å². The van der Waals surface area contributed by atoms with Gasteiger partial charge in [0.15, 0.2) is 0 Å². The van der Waals surface area contributed by atoms with Crippen molar-refractivity contribution in [2.24, 2.45) is 5.92 Å². The molecular weight excluding hydrogens is 450 g/mol. The number of aromatic nitrogens is 4. The first-order valence-corrected chi connectivity index (χ1v) is 10.4. The Morgan fingerprint density at radius 2 is 2.13 bits per heavy atom. The van der Waals surface area contributed by atoms with Gasteiger partial charge in [-0.3, -0.25) is 9.59 Å². The maximum Gasteiger partial charge on any atom is 0.248 e. The van der Waals surface area contributed by atoms with Crippen LogP contribution in [0, 0.1) is 12.8 Å². The molecule has 3 aromatic heterocycles. The highest BCUT2D eigenvalue weighted by atomic mass is 79.9. The van der Waals surface area contributed by atoms with Gasteiger partial charge in [0.2, 0.25) is 11.8 Å². The van der Waals surface area contributed by atoms with Crippen LogP contribution in [-0.2, 0) is 16.1 Å². The SMILES string of the molecule is Cc1cc2c(N)ncnc2n1CC(=O)N1C[C@H](C)C[C@H]1C(=O)Nc1cccc(Br)n1. The molecule has 0 aromatic carbocycles. The number of amides is 2. The molecule has 156 valence electrons. The predicted octanol–water partition coefficient (Wildman–Crippen LogP) is 2.36. The third kappa shape index (κ3) is 3.87. The van der Waals surface area contributed by atoms with E-state index in [1.165, 1.54) is 6.33 Å². The molecule has 9 nitrogen and oxygen atoms in total. The highest BCUT2D eigenvalue weighted by molar-refractivity contribution is 9.10. The minimum atomic E-state index is -0.546. The van der Waals surface area contributed by atoms with Gasteiger partial charge in [-0.05, 0) is 53.4 Å². The van der Waals surface area contributed by atoms with Crippen LogP contribution in [-0.4, -0.2) is 48.8 Å². The highest BCUT2D eigenvalue weighted by Crippen LogP contribution is 2.26. The molecule has 0 unspecified atom stereocenters. The van der Waals surface area contributed by atoms with Crippen LogP contribution >= 0.6 is 15.9 Å². The third-order valence-corrected chi connectivity index (χ3v) is 5.76. The number of carbonyl (C=O) groups is 2. The fourth-order valence-corrected chi connectivity index (χ4v) is 4.23. The van der Waals surface area contributed by atoms with E-state index in [-0.39, 0.29) is 24.3 Å². The number of aryl methyl sites for hydroxylation is 1. The smallest absolute Gasteiger partial charge is 0.248 e. The topological polar surface area (TPSA) is 119 Å². The molecule has 30 heavy (non-hydrogen) atoms. The van der Waals surface area contributed by atoms with Crippen molar-refractivity contribution < 1.29 is 9.59 Å². The number of carbonyl (C=O) groups excluding carboxylic acids is 2. The summed E-state index contributed by atoms with van der Waals surface area (Å²) in [7, 11) is 0. The average Bonchev–Trinajstić information content (AvgIpc) is 3.23. The molecule has 1 aliphatic heterocycles. The third-order valence-electron chi connectivity index (χ3n) is 5.32. The molecule has 0 spiro atoms. The van der Waals surface area contributed by atoms with Gasteiger partial charge in [-0.2, -0.15) is 0 Å². The Labute approximate surface area is 181 Å². The summed E-state index contributed by atoms with van der Waals surface area (Å²) < 4.78 is 2.44. The number of hydrogen-bond acceptors (Lipinski definition) is 6. The number of fused-ring (bicyclic) bond motifs is 1. The fraction of sp³-hybridized carbons (Fsp3) is 0.350. The largest absolute Gasteiger partial charge is 0.383 e. The Morgan fingerprint density at radius 3 is 2.90 bits per heavy atom.